The summed E-state index contributed by atoms with van der Waals surface area (Å²) in [6, 6.07) is 4.20. The Balaban J connectivity index is 1.76. The fraction of sp³-hybridized carbons (Fsp3) is 0.545. The zero-order chi connectivity index (χ0) is 10.5. The first kappa shape index (κ1) is 10.8. The highest BCUT2D eigenvalue weighted by atomic mass is 32.1. The Labute approximate surface area is 93.4 Å². The van der Waals surface area contributed by atoms with E-state index in [1.165, 1.54) is 0 Å². The SMILES string of the molecule is O=C(Cc1cccs1)CC1COCCN1. The summed E-state index contributed by atoms with van der Waals surface area (Å²) in [6.07, 6.45) is 1.15. The molecular formula is C11H15NO2S. The lowest BCUT2D eigenvalue weighted by Gasteiger charge is -2.22. The minimum Gasteiger partial charge on any atom is -0.379 e. The van der Waals surface area contributed by atoms with E-state index in [0.717, 1.165) is 18.0 Å². The van der Waals surface area contributed by atoms with E-state index >= 15 is 0 Å². The molecule has 2 heterocycles. The third-order valence-corrected chi connectivity index (χ3v) is 3.30. The lowest BCUT2D eigenvalue weighted by Crippen LogP contribution is -2.42. The maximum Gasteiger partial charge on any atom is 0.139 e. The number of thiophene rings is 1. The molecule has 15 heavy (non-hydrogen) atoms. The predicted molar refractivity (Wildman–Crippen MR) is 60.3 cm³/mol. The number of nitrogens with one attached hydrogen (secondary N) is 1. The molecule has 2 rings (SSSR count). The summed E-state index contributed by atoms with van der Waals surface area (Å²) >= 11 is 1.64. The average molecular weight is 225 g/mol. The van der Waals surface area contributed by atoms with Crippen LogP contribution in [0.25, 0.3) is 0 Å². The van der Waals surface area contributed by atoms with Crippen LogP contribution in [-0.4, -0.2) is 31.6 Å². The first-order valence-corrected chi connectivity index (χ1v) is 6.08. The molecule has 0 aromatic carbocycles. The summed E-state index contributed by atoms with van der Waals surface area (Å²) in [7, 11) is 0. The average Bonchev–Trinajstić information content (AvgIpc) is 2.71. The molecule has 0 saturated carbocycles. The van der Waals surface area contributed by atoms with E-state index in [2.05, 4.69) is 5.32 Å². The van der Waals surface area contributed by atoms with Gasteiger partial charge in [0.2, 0.25) is 0 Å². The minimum absolute atomic E-state index is 0.214. The second kappa shape index (κ2) is 5.39. The van der Waals surface area contributed by atoms with E-state index in [1.807, 2.05) is 17.5 Å². The van der Waals surface area contributed by atoms with Gasteiger partial charge in [0.25, 0.3) is 0 Å². The number of carbonyl (C=O) groups is 1. The number of rotatable bonds is 4. The maximum atomic E-state index is 11.7. The summed E-state index contributed by atoms with van der Waals surface area (Å²) in [5.41, 5.74) is 0. The van der Waals surface area contributed by atoms with Crippen molar-refractivity contribution >= 4 is 17.1 Å². The lowest BCUT2D eigenvalue weighted by molar-refractivity contribution is -0.119. The Kier molecular flexibility index (Phi) is 3.88. The highest BCUT2D eigenvalue weighted by molar-refractivity contribution is 7.10. The maximum absolute atomic E-state index is 11.7. The van der Waals surface area contributed by atoms with Crippen LogP contribution in [0.1, 0.15) is 11.3 Å². The molecule has 3 nitrogen and oxygen atoms in total. The first-order valence-electron chi connectivity index (χ1n) is 5.20. The molecule has 0 amide bonds. The fourth-order valence-corrected chi connectivity index (χ4v) is 2.44. The molecular weight excluding hydrogens is 210 g/mol. The molecule has 1 atom stereocenters. The molecule has 82 valence electrons. The van der Waals surface area contributed by atoms with Gasteiger partial charge in [-0.25, -0.2) is 0 Å². The van der Waals surface area contributed by atoms with Gasteiger partial charge in [0.1, 0.15) is 5.78 Å². The lowest BCUT2D eigenvalue weighted by atomic mass is 10.1. The van der Waals surface area contributed by atoms with E-state index in [-0.39, 0.29) is 6.04 Å². The van der Waals surface area contributed by atoms with Crippen molar-refractivity contribution in [3.8, 4) is 0 Å². The molecule has 0 spiro atoms. The number of ketones is 1. The van der Waals surface area contributed by atoms with Gasteiger partial charge in [0, 0.05) is 30.3 Å². The molecule has 1 N–H and O–H groups in total. The normalized spacial score (nSPS) is 21.5. The topological polar surface area (TPSA) is 38.3 Å². The molecule has 1 aliphatic rings. The van der Waals surface area contributed by atoms with Crippen LogP contribution in [0, 0.1) is 0 Å². The minimum atomic E-state index is 0.214. The zero-order valence-electron chi connectivity index (χ0n) is 8.57. The van der Waals surface area contributed by atoms with Crippen molar-refractivity contribution < 1.29 is 9.53 Å². The molecule has 1 saturated heterocycles. The quantitative estimate of drug-likeness (QED) is 0.838. The van der Waals surface area contributed by atoms with E-state index < -0.39 is 0 Å². The second-order valence-electron chi connectivity index (χ2n) is 3.72. The zero-order valence-corrected chi connectivity index (χ0v) is 9.39. The Morgan fingerprint density at radius 1 is 1.67 bits per heavy atom. The third-order valence-electron chi connectivity index (χ3n) is 2.42. The molecule has 1 aromatic rings. The van der Waals surface area contributed by atoms with Gasteiger partial charge >= 0.3 is 0 Å². The molecule has 0 aliphatic carbocycles. The van der Waals surface area contributed by atoms with Crippen molar-refractivity contribution in [2.75, 3.05) is 19.8 Å². The van der Waals surface area contributed by atoms with Crippen LogP contribution >= 0.6 is 11.3 Å². The van der Waals surface area contributed by atoms with Gasteiger partial charge < -0.3 is 10.1 Å². The van der Waals surface area contributed by atoms with Crippen molar-refractivity contribution in [1.82, 2.24) is 5.32 Å². The van der Waals surface area contributed by atoms with Crippen molar-refractivity contribution in [2.24, 2.45) is 0 Å². The van der Waals surface area contributed by atoms with Gasteiger partial charge in [-0.1, -0.05) is 6.07 Å². The summed E-state index contributed by atoms with van der Waals surface area (Å²) in [5, 5.41) is 5.29. The number of hydrogen-bond acceptors (Lipinski definition) is 4. The molecule has 1 aromatic heterocycles. The van der Waals surface area contributed by atoms with Crippen LogP contribution < -0.4 is 5.32 Å². The van der Waals surface area contributed by atoms with E-state index in [4.69, 9.17) is 4.74 Å². The fourth-order valence-electron chi connectivity index (χ4n) is 1.71. The Morgan fingerprint density at radius 3 is 3.27 bits per heavy atom. The Hall–Kier alpha value is -0.710. The van der Waals surface area contributed by atoms with Crippen LogP contribution in [0.15, 0.2) is 17.5 Å². The highest BCUT2D eigenvalue weighted by Crippen LogP contribution is 2.11. The number of ether oxygens (including phenoxy) is 1. The second-order valence-corrected chi connectivity index (χ2v) is 4.76. The number of hydrogen-bond donors (Lipinski definition) is 1. The third kappa shape index (κ3) is 3.41. The van der Waals surface area contributed by atoms with Crippen LogP contribution in [0.2, 0.25) is 0 Å². The monoisotopic (exact) mass is 225 g/mol. The van der Waals surface area contributed by atoms with Crippen molar-refractivity contribution in [3.05, 3.63) is 22.4 Å². The van der Waals surface area contributed by atoms with E-state index in [9.17, 15) is 4.79 Å². The van der Waals surface area contributed by atoms with Crippen molar-refractivity contribution in [3.63, 3.8) is 0 Å². The summed E-state index contributed by atoms with van der Waals surface area (Å²) in [5.74, 6) is 0.292. The van der Waals surface area contributed by atoms with Crippen LogP contribution in [0.5, 0.6) is 0 Å². The van der Waals surface area contributed by atoms with Gasteiger partial charge in [0.15, 0.2) is 0 Å². The smallest absolute Gasteiger partial charge is 0.139 e. The predicted octanol–water partition coefficient (Wildman–Crippen LogP) is 1.24. The first-order chi connectivity index (χ1) is 7.34. The van der Waals surface area contributed by atoms with Crippen molar-refractivity contribution in [1.29, 1.82) is 0 Å². The standard InChI is InChI=1S/C11H15NO2S/c13-10(7-11-2-1-5-15-11)6-9-8-14-4-3-12-9/h1-2,5,9,12H,3-4,6-8H2. The largest absolute Gasteiger partial charge is 0.379 e. The summed E-state index contributed by atoms with van der Waals surface area (Å²) in [4.78, 5) is 12.8. The number of Topliss-reactive ketones (excluding diaryl/α,β-unsaturated/α-hetero) is 1. The number of carbonyl (C=O) groups excluding carboxylic acids is 1. The van der Waals surface area contributed by atoms with Gasteiger partial charge in [-0.2, -0.15) is 0 Å². The summed E-state index contributed by atoms with van der Waals surface area (Å²) in [6.45, 7) is 2.28. The van der Waals surface area contributed by atoms with E-state index in [1.54, 1.807) is 11.3 Å². The van der Waals surface area contributed by atoms with Gasteiger partial charge in [-0.05, 0) is 11.4 Å². The highest BCUT2D eigenvalue weighted by Gasteiger charge is 2.16. The molecule has 4 heteroatoms. The molecule has 0 bridgehead atoms. The van der Waals surface area contributed by atoms with Crippen LogP contribution in [0.3, 0.4) is 0 Å². The molecule has 1 fully saturated rings. The Morgan fingerprint density at radius 2 is 2.60 bits per heavy atom. The van der Waals surface area contributed by atoms with E-state index in [0.29, 0.717) is 25.2 Å². The molecule has 0 radical (unpaired) electrons. The summed E-state index contributed by atoms with van der Waals surface area (Å²) < 4.78 is 5.31. The van der Waals surface area contributed by atoms with Gasteiger partial charge in [0.05, 0.1) is 13.2 Å². The van der Waals surface area contributed by atoms with Gasteiger partial charge in [-0.3, -0.25) is 4.79 Å². The Bertz CT molecular complexity index is 304. The molecule has 1 unspecified atom stereocenters. The van der Waals surface area contributed by atoms with Gasteiger partial charge in [-0.15, -0.1) is 11.3 Å². The van der Waals surface area contributed by atoms with Crippen LogP contribution in [-0.2, 0) is 16.0 Å². The molecule has 1 aliphatic heterocycles. The van der Waals surface area contributed by atoms with Crippen LogP contribution in [0.4, 0.5) is 0 Å². The number of morpholine rings is 1. The van der Waals surface area contributed by atoms with Crippen molar-refractivity contribution in [2.45, 2.75) is 18.9 Å².